The molecule has 7 heteroatoms. The Morgan fingerprint density at radius 3 is 2.48 bits per heavy atom. The van der Waals surface area contributed by atoms with Gasteiger partial charge < -0.3 is 15.5 Å². The minimum absolute atomic E-state index is 0. The molecule has 0 aromatic carbocycles. The van der Waals surface area contributed by atoms with Crippen molar-refractivity contribution in [2.24, 2.45) is 4.99 Å². The Balaban J connectivity index is 0.00000312. The second-order valence-corrected chi connectivity index (χ2v) is 7.91. The highest BCUT2D eigenvalue weighted by molar-refractivity contribution is 14.0. The average Bonchev–Trinajstić information content (AvgIpc) is 2.99. The summed E-state index contributed by atoms with van der Waals surface area (Å²) in [5.41, 5.74) is 0. The number of nitrogens with zero attached hydrogens (tertiary/aromatic N) is 3. The van der Waals surface area contributed by atoms with Gasteiger partial charge in [-0.2, -0.15) is 0 Å². The van der Waals surface area contributed by atoms with Crippen molar-refractivity contribution in [2.45, 2.75) is 33.2 Å². The molecule has 0 aliphatic carbocycles. The maximum Gasteiger partial charge on any atom is 0.191 e. The molecule has 1 unspecified atom stereocenters. The van der Waals surface area contributed by atoms with Crippen LogP contribution in [0.2, 0.25) is 0 Å². The van der Waals surface area contributed by atoms with E-state index in [0.717, 1.165) is 25.5 Å². The quantitative estimate of drug-likeness (QED) is 0.358. The Morgan fingerprint density at radius 2 is 1.92 bits per heavy atom. The zero-order valence-electron chi connectivity index (χ0n) is 16.0. The number of hydrogen-bond donors (Lipinski definition) is 2. The molecule has 0 saturated carbocycles. The van der Waals surface area contributed by atoms with E-state index >= 15 is 0 Å². The van der Waals surface area contributed by atoms with Crippen molar-refractivity contribution in [1.29, 1.82) is 0 Å². The fourth-order valence-electron chi connectivity index (χ4n) is 3.04. The molecule has 0 spiro atoms. The Labute approximate surface area is 174 Å². The second kappa shape index (κ2) is 12.1. The predicted molar refractivity (Wildman–Crippen MR) is 121 cm³/mol. The van der Waals surface area contributed by atoms with Crippen molar-refractivity contribution in [3.05, 3.63) is 21.9 Å². The third-order valence-corrected chi connectivity index (χ3v) is 5.57. The summed E-state index contributed by atoms with van der Waals surface area (Å²) in [4.78, 5) is 12.2. The summed E-state index contributed by atoms with van der Waals surface area (Å²) in [6.07, 6.45) is 1.04. The topological polar surface area (TPSA) is 42.9 Å². The average molecular weight is 479 g/mol. The van der Waals surface area contributed by atoms with E-state index in [-0.39, 0.29) is 24.0 Å². The Bertz CT molecular complexity index is 511. The summed E-state index contributed by atoms with van der Waals surface area (Å²) in [6.45, 7) is 14.6. The van der Waals surface area contributed by atoms with Crippen LogP contribution in [0.15, 0.2) is 17.1 Å². The summed E-state index contributed by atoms with van der Waals surface area (Å²) in [7, 11) is 1.84. The first-order chi connectivity index (χ1) is 11.6. The van der Waals surface area contributed by atoms with Gasteiger partial charge in [0.25, 0.3) is 0 Å². The Morgan fingerprint density at radius 1 is 1.24 bits per heavy atom. The third-order valence-electron chi connectivity index (χ3n) is 4.54. The SMILES string of the molecule is CCN1CCN(CCNC(=NC)NC(C)Cc2ccc(C)s2)CC1.I. The zero-order valence-corrected chi connectivity index (χ0v) is 19.2. The molecular weight excluding hydrogens is 445 g/mol. The van der Waals surface area contributed by atoms with Crippen LogP contribution in [0.25, 0.3) is 0 Å². The number of piperazine rings is 1. The normalized spacial score (nSPS) is 17.8. The molecule has 2 heterocycles. The van der Waals surface area contributed by atoms with E-state index in [2.05, 4.69) is 58.3 Å². The van der Waals surface area contributed by atoms with Crippen LogP contribution in [0.3, 0.4) is 0 Å². The van der Waals surface area contributed by atoms with Crippen LogP contribution in [0.1, 0.15) is 23.6 Å². The maximum absolute atomic E-state index is 4.35. The van der Waals surface area contributed by atoms with Gasteiger partial charge in [-0.1, -0.05) is 6.92 Å². The van der Waals surface area contributed by atoms with Crippen LogP contribution >= 0.6 is 35.3 Å². The summed E-state index contributed by atoms with van der Waals surface area (Å²) < 4.78 is 0. The number of nitrogens with one attached hydrogen (secondary N) is 2. The molecule has 2 N–H and O–H groups in total. The number of rotatable bonds is 7. The molecule has 25 heavy (non-hydrogen) atoms. The van der Waals surface area contributed by atoms with Gasteiger partial charge >= 0.3 is 0 Å². The molecule has 1 aliphatic rings. The first-order valence-corrected chi connectivity index (χ1v) is 9.89. The molecule has 1 aromatic rings. The minimum atomic E-state index is 0. The second-order valence-electron chi connectivity index (χ2n) is 6.54. The van der Waals surface area contributed by atoms with Crippen molar-refractivity contribution in [2.75, 3.05) is 52.9 Å². The third kappa shape index (κ3) is 8.23. The maximum atomic E-state index is 4.35. The van der Waals surface area contributed by atoms with E-state index in [1.807, 2.05) is 18.4 Å². The summed E-state index contributed by atoms with van der Waals surface area (Å²) >= 11 is 1.88. The van der Waals surface area contributed by atoms with Crippen LogP contribution in [-0.4, -0.2) is 74.7 Å². The van der Waals surface area contributed by atoms with Gasteiger partial charge in [0.15, 0.2) is 5.96 Å². The highest BCUT2D eigenvalue weighted by atomic mass is 127. The molecule has 1 atom stereocenters. The monoisotopic (exact) mass is 479 g/mol. The van der Waals surface area contributed by atoms with E-state index in [9.17, 15) is 0 Å². The molecule has 1 aromatic heterocycles. The molecule has 2 rings (SSSR count). The van der Waals surface area contributed by atoms with Gasteiger partial charge in [-0.05, 0) is 32.5 Å². The van der Waals surface area contributed by atoms with Crippen LogP contribution in [-0.2, 0) is 6.42 Å². The summed E-state index contributed by atoms with van der Waals surface area (Å²) in [5, 5.41) is 6.95. The van der Waals surface area contributed by atoms with Gasteiger partial charge in [-0.3, -0.25) is 9.89 Å². The number of thiophene rings is 1. The number of halogens is 1. The molecule has 144 valence electrons. The van der Waals surface area contributed by atoms with Crippen LogP contribution in [0.4, 0.5) is 0 Å². The molecule has 0 amide bonds. The summed E-state index contributed by atoms with van der Waals surface area (Å²) in [6, 6.07) is 4.80. The van der Waals surface area contributed by atoms with Gasteiger partial charge in [0.1, 0.15) is 0 Å². The standard InChI is InChI=1S/C18H33N5S.HI/c1-5-22-10-12-23(13-11-22)9-8-20-18(19-4)21-15(2)14-17-7-6-16(3)24-17;/h6-7,15H,5,8-14H2,1-4H3,(H2,19,20,21);1H. The molecule has 1 saturated heterocycles. The molecule has 1 aliphatic heterocycles. The fraction of sp³-hybridized carbons (Fsp3) is 0.722. The van der Waals surface area contributed by atoms with Crippen molar-refractivity contribution >= 4 is 41.3 Å². The highest BCUT2D eigenvalue weighted by Crippen LogP contribution is 2.16. The van der Waals surface area contributed by atoms with Crippen LogP contribution in [0.5, 0.6) is 0 Å². The van der Waals surface area contributed by atoms with E-state index in [4.69, 9.17) is 0 Å². The van der Waals surface area contributed by atoms with Crippen molar-refractivity contribution < 1.29 is 0 Å². The summed E-state index contributed by atoms with van der Waals surface area (Å²) in [5.74, 6) is 0.906. The molecular formula is C18H34IN5S. The van der Waals surface area contributed by atoms with Gasteiger partial charge in [-0.15, -0.1) is 35.3 Å². The number of guanidine groups is 1. The molecule has 1 fully saturated rings. The Kier molecular flexibility index (Phi) is 11.0. The number of aliphatic imine (C=N–C) groups is 1. The lowest BCUT2D eigenvalue weighted by atomic mass is 10.2. The van der Waals surface area contributed by atoms with Gasteiger partial charge in [0.05, 0.1) is 0 Å². The van der Waals surface area contributed by atoms with Crippen molar-refractivity contribution in [3.63, 3.8) is 0 Å². The number of likely N-dealkylation sites (N-methyl/N-ethyl adjacent to an activating group) is 1. The van der Waals surface area contributed by atoms with E-state index < -0.39 is 0 Å². The molecule has 0 radical (unpaired) electrons. The smallest absolute Gasteiger partial charge is 0.191 e. The van der Waals surface area contributed by atoms with Gasteiger partial charge in [-0.25, -0.2) is 0 Å². The van der Waals surface area contributed by atoms with Crippen molar-refractivity contribution in [3.8, 4) is 0 Å². The fourth-order valence-corrected chi connectivity index (χ4v) is 4.06. The van der Waals surface area contributed by atoms with Gasteiger partial charge in [0.2, 0.25) is 0 Å². The predicted octanol–water partition coefficient (Wildman–Crippen LogP) is 2.41. The lowest BCUT2D eigenvalue weighted by molar-refractivity contribution is 0.139. The lowest BCUT2D eigenvalue weighted by Gasteiger charge is -2.34. The van der Waals surface area contributed by atoms with E-state index in [1.54, 1.807) is 0 Å². The van der Waals surface area contributed by atoms with Crippen LogP contribution in [0, 0.1) is 6.92 Å². The first kappa shape index (κ1) is 22.7. The van der Waals surface area contributed by atoms with Crippen LogP contribution < -0.4 is 10.6 Å². The zero-order chi connectivity index (χ0) is 17.4. The molecule has 5 nitrogen and oxygen atoms in total. The first-order valence-electron chi connectivity index (χ1n) is 9.08. The Hall–Kier alpha value is -0.380. The lowest BCUT2D eigenvalue weighted by Crippen LogP contribution is -2.49. The van der Waals surface area contributed by atoms with E-state index in [0.29, 0.717) is 6.04 Å². The number of aryl methyl sites for hydroxylation is 1. The molecule has 0 bridgehead atoms. The highest BCUT2D eigenvalue weighted by Gasteiger charge is 2.15. The largest absolute Gasteiger partial charge is 0.355 e. The number of hydrogen-bond acceptors (Lipinski definition) is 4. The van der Waals surface area contributed by atoms with Gasteiger partial charge in [0, 0.05) is 68.5 Å². The van der Waals surface area contributed by atoms with E-state index in [1.165, 1.54) is 42.5 Å². The minimum Gasteiger partial charge on any atom is -0.355 e. The van der Waals surface area contributed by atoms with Crippen molar-refractivity contribution in [1.82, 2.24) is 20.4 Å².